The zero-order valence-electron chi connectivity index (χ0n) is 19.0. The molecule has 0 aliphatic heterocycles. The van der Waals surface area contributed by atoms with Gasteiger partial charge in [0.05, 0.1) is 14.2 Å². The number of H-pyrrole nitrogens is 1. The molecule has 0 saturated carbocycles. The first kappa shape index (κ1) is 23.3. The molecule has 1 amide bonds. The third-order valence-electron chi connectivity index (χ3n) is 5.97. The van der Waals surface area contributed by atoms with Crippen LogP contribution in [0.15, 0.2) is 66.9 Å². The van der Waals surface area contributed by atoms with Crippen LogP contribution in [0.25, 0.3) is 10.9 Å². The first-order valence-corrected chi connectivity index (χ1v) is 11.0. The van der Waals surface area contributed by atoms with E-state index in [2.05, 4.69) is 10.3 Å². The highest BCUT2D eigenvalue weighted by atomic mass is 19.1. The fourth-order valence-corrected chi connectivity index (χ4v) is 4.27. The average Bonchev–Trinajstić information content (AvgIpc) is 3.27. The molecule has 34 heavy (non-hydrogen) atoms. The number of methoxy groups -OCH3 is 2. The number of aromatic nitrogens is 1. The second-order valence-corrected chi connectivity index (χ2v) is 7.93. The topological polar surface area (TPSA) is 63.3 Å². The number of halogens is 2. The standard InChI is InChI=1S/C27H26F2N2O3/c1-33-25-12-5-8-18(27(25)34-2)21(20-15-30-24-11-4-3-7-17(20)24)16-31-26(32)14-13-19-22(28)9-6-10-23(19)29/h3-12,15,21,30H,13-14,16H2,1-2H3,(H,31,32). The van der Waals surface area contributed by atoms with Crippen LogP contribution in [0.5, 0.6) is 11.5 Å². The van der Waals surface area contributed by atoms with Crippen molar-refractivity contribution in [2.24, 2.45) is 0 Å². The third-order valence-corrected chi connectivity index (χ3v) is 5.97. The van der Waals surface area contributed by atoms with E-state index in [9.17, 15) is 13.6 Å². The van der Waals surface area contributed by atoms with E-state index in [1.54, 1.807) is 14.2 Å². The lowest BCUT2D eigenvalue weighted by Gasteiger charge is -2.22. The summed E-state index contributed by atoms with van der Waals surface area (Å²) in [6.45, 7) is 0.268. The predicted octanol–water partition coefficient (Wildman–Crippen LogP) is 5.34. The normalized spacial score (nSPS) is 11.9. The second-order valence-electron chi connectivity index (χ2n) is 7.93. The second kappa shape index (κ2) is 10.4. The van der Waals surface area contributed by atoms with Gasteiger partial charge in [0.15, 0.2) is 11.5 Å². The van der Waals surface area contributed by atoms with Crippen molar-refractivity contribution in [3.05, 3.63) is 95.2 Å². The summed E-state index contributed by atoms with van der Waals surface area (Å²) < 4.78 is 39.0. The third kappa shape index (κ3) is 4.73. The molecule has 0 bridgehead atoms. The maximum atomic E-state index is 13.9. The summed E-state index contributed by atoms with van der Waals surface area (Å²) in [7, 11) is 3.15. The summed E-state index contributed by atoms with van der Waals surface area (Å²) in [6.07, 6.45) is 1.87. The highest BCUT2D eigenvalue weighted by Crippen LogP contribution is 2.40. The highest BCUT2D eigenvalue weighted by molar-refractivity contribution is 5.84. The molecule has 1 atom stereocenters. The van der Waals surface area contributed by atoms with Crippen LogP contribution in [0.4, 0.5) is 8.78 Å². The van der Waals surface area contributed by atoms with Crippen molar-refractivity contribution in [3.8, 4) is 11.5 Å². The minimum atomic E-state index is -0.648. The van der Waals surface area contributed by atoms with Crippen LogP contribution < -0.4 is 14.8 Å². The zero-order valence-corrected chi connectivity index (χ0v) is 19.0. The van der Waals surface area contributed by atoms with Gasteiger partial charge in [-0.3, -0.25) is 4.79 Å². The van der Waals surface area contributed by atoms with Gasteiger partial charge in [-0.25, -0.2) is 8.78 Å². The molecule has 0 radical (unpaired) electrons. The molecule has 3 aromatic carbocycles. The molecule has 2 N–H and O–H groups in total. The molecule has 4 aromatic rings. The predicted molar refractivity (Wildman–Crippen MR) is 127 cm³/mol. The molecule has 176 valence electrons. The van der Waals surface area contributed by atoms with E-state index in [1.807, 2.05) is 48.7 Å². The van der Waals surface area contributed by atoms with E-state index in [-0.39, 0.29) is 36.8 Å². The average molecular weight is 465 g/mol. The molecular weight excluding hydrogens is 438 g/mol. The Hall–Kier alpha value is -3.87. The molecule has 0 spiro atoms. The van der Waals surface area contributed by atoms with Crippen molar-refractivity contribution >= 4 is 16.8 Å². The smallest absolute Gasteiger partial charge is 0.220 e. The van der Waals surface area contributed by atoms with Gasteiger partial charge in [0.2, 0.25) is 5.91 Å². The van der Waals surface area contributed by atoms with Crippen molar-refractivity contribution in [2.75, 3.05) is 20.8 Å². The molecule has 7 heteroatoms. The number of carbonyl (C=O) groups excluding carboxylic acids is 1. The van der Waals surface area contributed by atoms with Gasteiger partial charge in [0.25, 0.3) is 0 Å². The van der Waals surface area contributed by atoms with Crippen molar-refractivity contribution < 1.29 is 23.0 Å². The number of hydrogen-bond donors (Lipinski definition) is 2. The monoisotopic (exact) mass is 464 g/mol. The van der Waals surface area contributed by atoms with Crippen molar-refractivity contribution in [2.45, 2.75) is 18.8 Å². The van der Waals surface area contributed by atoms with E-state index < -0.39 is 11.6 Å². The van der Waals surface area contributed by atoms with Gasteiger partial charge in [-0.2, -0.15) is 0 Å². The summed E-state index contributed by atoms with van der Waals surface area (Å²) >= 11 is 0. The van der Waals surface area contributed by atoms with E-state index in [0.717, 1.165) is 22.0 Å². The summed E-state index contributed by atoms with van der Waals surface area (Å²) in [5.41, 5.74) is 2.74. The summed E-state index contributed by atoms with van der Waals surface area (Å²) in [5, 5.41) is 3.97. The van der Waals surface area contributed by atoms with Gasteiger partial charge < -0.3 is 19.8 Å². The number of amides is 1. The van der Waals surface area contributed by atoms with Gasteiger partial charge in [0.1, 0.15) is 11.6 Å². The number of carbonyl (C=O) groups is 1. The van der Waals surface area contributed by atoms with Crippen molar-refractivity contribution in [3.63, 3.8) is 0 Å². The van der Waals surface area contributed by atoms with Gasteiger partial charge >= 0.3 is 0 Å². The molecule has 1 aromatic heterocycles. The van der Waals surface area contributed by atoms with Crippen LogP contribution in [-0.2, 0) is 11.2 Å². The van der Waals surface area contributed by atoms with Crippen LogP contribution in [-0.4, -0.2) is 31.7 Å². The maximum absolute atomic E-state index is 13.9. The Morgan fingerprint density at radius 3 is 2.41 bits per heavy atom. The van der Waals surface area contributed by atoms with Gasteiger partial charge in [-0.1, -0.05) is 36.4 Å². The van der Waals surface area contributed by atoms with Gasteiger partial charge in [-0.05, 0) is 36.2 Å². The first-order chi connectivity index (χ1) is 16.5. The Morgan fingerprint density at radius 2 is 1.68 bits per heavy atom. The maximum Gasteiger partial charge on any atom is 0.220 e. The number of fused-ring (bicyclic) bond motifs is 1. The fourth-order valence-electron chi connectivity index (χ4n) is 4.27. The molecule has 0 aliphatic carbocycles. The fraction of sp³-hybridized carbons (Fsp3) is 0.222. The lowest BCUT2D eigenvalue weighted by atomic mass is 9.89. The number of ether oxygens (including phenoxy) is 2. The Bertz CT molecular complexity index is 1280. The SMILES string of the molecule is COc1cccc(C(CNC(=O)CCc2c(F)cccc2F)c2c[nH]c3ccccc23)c1OC. The van der Waals surface area contributed by atoms with Crippen molar-refractivity contribution in [1.29, 1.82) is 0 Å². The number of benzene rings is 3. The van der Waals surface area contributed by atoms with Crippen LogP contribution in [0.3, 0.4) is 0 Å². The lowest BCUT2D eigenvalue weighted by molar-refractivity contribution is -0.121. The Morgan fingerprint density at radius 1 is 0.941 bits per heavy atom. The number of nitrogens with one attached hydrogen (secondary N) is 2. The van der Waals surface area contributed by atoms with E-state index in [0.29, 0.717) is 11.5 Å². The molecule has 0 fully saturated rings. The molecule has 5 nitrogen and oxygen atoms in total. The van der Waals surface area contributed by atoms with Gasteiger partial charge in [0, 0.05) is 47.1 Å². The quantitative estimate of drug-likeness (QED) is 0.351. The van der Waals surface area contributed by atoms with E-state index >= 15 is 0 Å². The van der Waals surface area contributed by atoms with Crippen LogP contribution in [0, 0.1) is 11.6 Å². The molecule has 1 heterocycles. The first-order valence-electron chi connectivity index (χ1n) is 11.0. The minimum Gasteiger partial charge on any atom is -0.493 e. The lowest BCUT2D eigenvalue weighted by Crippen LogP contribution is -2.29. The van der Waals surface area contributed by atoms with Crippen LogP contribution in [0.2, 0.25) is 0 Å². The zero-order chi connectivity index (χ0) is 24.1. The van der Waals surface area contributed by atoms with Gasteiger partial charge in [-0.15, -0.1) is 0 Å². The Balaban J connectivity index is 1.60. The van der Waals surface area contributed by atoms with Crippen molar-refractivity contribution in [1.82, 2.24) is 10.3 Å². The largest absolute Gasteiger partial charge is 0.493 e. The molecule has 0 aliphatic rings. The molecule has 0 saturated heterocycles. The molecule has 1 unspecified atom stereocenters. The summed E-state index contributed by atoms with van der Waals surface area (Å²) in [4.78, 5) is 15.9. The summed E-state index contributed by atoms with van der Waals surface area (Å²) in [6, 6.07) is 17.2. The number of aromatic amines is 1. The Kier molecular flexibility index (Phi) is 7.11. The highest BCUT2D eigenvalue weighted by Gasteiger charge is 2.24. The molecular formula is C27H26F2N2O3. The van der Waals surface area contributed by atoms with E-state index in [4.69, 9.17) is 9.47 Å². The van der Waals surface area contributed by atoms with Crippen LogP contribution in [0.1, 0.15) is 29.0 Å². The molecule has 4 rings (SSSR count). The summed E-state index contributed by atoms with van der Waals surface area (Å²) in [5.74, 6) is -0.671. The van der Waals surface area contributed by atoms with Crippen LogP contribution >= 0.6 is 0 Å². The minimum absolute atomic E-state index is 0.0232. The number of hydrogen-bond acceptors (Lipinski definition) is 3. The number of para-hydroxylation sites is 2. The van der Waals surface area contributed by atoms with E-state index in [1.165, 1.54) is 18.2 Å². The Labute approximate surface area is 196 Å². The number of rotatable bonds is 9.